The maximum absolute atomic E-state index is 5.57. The zero-order valence-corrected chi connectivity index (χ0v) is 14.3. The van der Waals surface area contributed by atoms with Gasteiger partial charge in [-0.05, 0) is 48.7 Å². The standard InChI is InChI=1S/C21H18OS/c1-13-14(2)21-16-9-5-7-11-19(16)23-20(21)12-17(13)15-8-4-6-10-18(15)22-3/h4-12H,1-3H3. The third kappa shape index (κ3) is 2.13. The summed E-state index contributed by atoms with van der Waals surface area (Å²) in [4.78, 5) is 0. The van der Waals surface area contributed by atoms with Crippen molar-refractivity contribution in [3.63, 3.8) is 0 Å². The molecule has 0 aliphatic rings. The van der Waals surface area contributed by atoms with Gasteiger partial charge in [-0.15, -0.1) is 11.3 Å². The topological polar surface area (TPSA) is 9.23 Å². The van der Waals surface area contributed by atoms with Gasteiger partial charge < -0.3 is 4.74 Å². The van der Waals surface area contributed by atoms with E-state index in [4.69, 9.17) is 4.74 Å². The number of methoxy groups -OCH3 is 1. The molecule has 2 heteroatoms. The van der Waals surface area contributed by atoms with Crippen molar-refractivity contribution in [2.45, 2.75) is 13.8 Å². The lowest BCUT2D eigenvalue weighted by Gasteiger charge is -2.14. The fraction of sp³-hybridized carbons (Fsp3) is 0.143. The van der Waals surface area contributed by atoms with Gasteiger partial charge >= 0.3 is 0 Å². The third-order valence-corrected chi connectivity index (χ3v) is 5.75. The Hall–Kier alpha value is -2.32. The molecule has 0 bridgehead atoms. The van der Waals surface area contributed by atoms with E-state index in [0.717, 1.165) is 11.3 Å². The highest BCUT2D eigenvalue weighted by molar-refractivity contribution is 7.25. The molecule has 0 fully saturated rings. The van der Waals surface area contributed by atoms with Gasteiger partial charge in [0.25, 0.3) is 0 Å². The van der Waals surface area contributed by atoms with Crippen LogP contribution in [0.2, 0.25) is 0 Å². The summed E-state index contributed by atoms with van der Waals surface area (Å²) in [6.45, 7) is 4.44. The Bertz CT molecular complexity index is 1030. The van der Waals surface area contributed by atoms with Crippen LogP contribution in [0.3, 0.4) is 0 Å². The van der Waals surface area contributed by atoms with Gasteiger partial charge in [-0.2, -0.15) is 0 Å². The van der Waals surface area contributed by atoms with Crippen LogP contribution in [-0.2, 0) is 0 Å². The largest absolute Gasteiger partial charge is 0.496 e. The SMILES string of the molecule is COc1ccccc1-c1cc2sc3ccccc3c2c(C)c1C. The van der Waals surface area contributed by atoms with E-state index >= 15 is 0 Å². The molecular formula is C21H18OS. The minimum Gasteiger partial charge on any atom is -0.496 e. The Morgan fingerprint density at radius 2 is 1.52 bits per heavy atom. The van der Waals surface area contributed by atoms with Gasteiger partial charge in [0.05, 0.1) is 7.11 Å². The number of hydrogen-bond acceptors (Lipinski definition) is 2. The lowest BCUT2D eigenvalue weighted by atomic mass is 9.93. The maximum atomic E-state index is 5.57. The van der Waals surface area contributed by atoms with E-state index in [-0.39, 0.29) is 0 Å². The number of aryl methyl sites for hydroxylation is 1. The lowest BCUT2D eigenvalue weighted by Crippen LogP contribution is -1.92. The van der Waals surface area contributed by atoms with Crippen LogP contribution < -0.4 is 4.74 Å². The summed E-state index contributed by atoms with van der Waals surface area (Å²) in [6, 6.07) is 19.2. The molecule has 0 aliphatic carbocycles. The van der Waals surface area contributed by atoms with Crippen molar-refractivity contribution in [3.05, 3.63) is 65.7 Å². The second-order valence-corrected chi connectivity index (χ2v) is 6.93. The Morgan fingerprint density at radius 1 is 0.783 bits per heavy atom. The first-order valence-electron chi connectivity index (χ1n) is 7.75. The fourth-order valence-corrected chi connectivity index (χ4v) is 4.53. The van der Waals surface area contributed by atoms with Gasteiger partial charge in [0, 0.05) is 25.7 Å². The van der Waals surface area contributed by atoms with Gasteiger partial charge in [-0.25, -0.2) is 0 Å². The summed E-state index contributed by atoms with van der Waals surface area (Å²) in [7, 11) is 1.74. The van der Waals surface area contributed by atoms with Gasteiger partial charge in [-0.1, -0.05) is 36.4 Å². The van der Waals surface area contributed by atoms with Crippen LogP contribution in [0, 0.1) is 13.8 Å². The van der Waals surface area contributed by atoms with Crippen LogP contribution in [-0.4, -0.2) is 7.11 Å². The molecule has 0 radical (unpaired) electrons. The minimum absolute atomic E-state index is 0.926. The second kappa shape index (κ2) is 5.39. The molecule has 0 spiro atoms. The van der Waals surface area contributed by atoms with Crippen LogP contribution in [0.15, 0.2) is 54.6 Å². The summed E-state index contributed by atoms with van der Waals surface area (Å²) < 4.78 is 8.26. The monoisotopic (exact) mass is 318 g/mol. The summed E-state index contributed by atoms with van der Waals surface area (Å²) in [5, 5.41) is 2.75. The Labute approximate surface area is 140 Å². The van der Waals surface area contributed by atoms with Crippen LogP contribution in [0.5, 0.6) is 5.75 Å². The molecule has 0 amide bonds. The number of thiophene rings is 1. The highest BCUT2D eigenvalue weighted by atomic mass is 32.1. The number of para-hydroxylation sites is 1. The van der Waals surface area contributed by atoms with Crippen molar-refractivity contribution in [2.24, 2.45) is 0 Å². The van der Waals surface area contributed by atoms with Crippen LogP contribution in [0.1, 0.15) is 11.1 Å². The van der Waals surface area contributed by atoms with Crippen molar-refractivity contribution in [2.75, 3.05) is 7.11 Å². The zero-order chi connectivity index (χ0) is 16.0. The first-order chi connectivity index (χ1) is 11.2. The predicted octanol–water partition coefficient (Wildman–Crippen LogP) is 6.35. The molecule has 0 atom stereocenters. The predicted molar refractivity (Wildman–Crippen MR) is 101 cm³/mol. The third-order valence-electron chi connectivity index (χ3n) is 4.64. The van der Waals surface area contributed by atoms with E-state index in [1.165, 1.54) is 36.9 Å². The van der Waals surface area contributed by atoms with Gasteiger partial charge in [0.1, 0.15) is 5.75 Å². The summed E-state index contributed by atoms with van der Waals surface area (Å²) in [6.07, 6.45) is 0. The average molecular weight is 318 g/mol. The Balaban J connectivity index is 2.09. The molecule has 4 rings (SSSR count). The Kier molecular flexibility index (Phi) is 3.35. The number of benzene rings is 3. The summed E-state index contributed by atoms with van der Waals surface area (Å²) in [5.41, 5.74) is 5.11. The quantitative estimate of drug-likeness (QED) is 0.418. The van der Waals surface area contributed by atoms with E-state index in [1.54, 1.807) is 7.11 Å². The molecule has 1 aromatic heterocycles. The van der Waals surface area contributed by atoms with Gasteiger partial charge in [0.2, 0.25) is 0 Å². The number of ether oxygens (including phenoxy) is 1. The molecule has 0 aliphatic heterocycles. The highest BCUT2D eigenvalue weighted by Gasteiger charge is 2.15. The van der Waals surface area contributed by atoms with Crippen LogP contribution in [0.25, 0.3) is 31.3 Å². The zero-order valence-electron chi connectivity index (χ0n) is 13.5. The Morgan fingerprint density at radius 3 is 2.35 bits per heavy atom. The number of hydrogen-bond donors (Lipinski definition) is 0. The van der Waals surface area contributed by atoms with E-state index < -0.39 is 0 Å². The van der Waals surface area contributed by atoms with Crippen molar-refractivity contribution >= 4 is 31.5 Å². The minimum atomic E-state index is 0.926. The van der Waals surface area contributed by atoms with E-state index in [2.05, 4.69) is 56.3 Å². The average Bonchev–Trinajstić information content (AvgIpc) is 2.96. The molecule has 23 heavy (non-hydrogen) atoms. The first-order valence-corrected chi connectivity index (χ1v) is 8.57. The van der Waals surface area contributed by atoms with Crippen molar-refractivity contribution in [1.29, 1.82) is 0 Å². The molecule has 1 heterocycles. The van der Waals surface area contributed by atoms with Crippen molar-refractivity contribution < 1.29 is 4.74 Å². The molecule has 4 aromatic rings. The molecule has 0 saturated heterocycles. The highest BCUT2D eigenvalue weighted by Crippen LogP contribution is 2.42. The van der Waals surface area contributed by atoms with E-state index in [0.29, 0.717) is 0 Å². The molecule has 3 aromatic carbocycles. The number of rotatable bonds is 2. The second-order valence-electron chi connectivity index (χ2n) is 5.85. The fourth-order valence-electron chi connectivity index (χ4n) is 3.33. The van der Waals surface area contributed by atoms with Gasteiger partial charge in [-0.3, -0.25) is 0 Å². The maximum Gasteiger partial charge on any atom is 0.126 e. The van der Waals surface area contributed by atoms with Crippen molar-refractivity contribution in [1.82, 2.24) is 0 Å². The van der Waals surface area contributed by atoms with Crippen LogP contribution >= 0.6 is 11.3 Å². The normalized spacial score (nSPS) is 11.3. The van der Waals surface area contributed by atoms with E-state index in [1.807, 2.05) is 23.5 Å². The summed E-state index contributed by atoms with van der Waals surface area (Å²) >= 11 is 1.87. The lowest BCUT2D eigenvalue weighted by molar-refractivity contribution is 0.416. The van der Waals surface area contributed by atoms with Crippen LogP contribution in [0.4, 0.5) is 0 Å². The van der Waals surface area contributed by atoms with Crippen molar-refractivity contribution in [3.8, 4) is 16.9 Å². The molecule has 0 saturated carbocycles. The smallest absolute Gasteiger partial charge is 0.126 e. The van der Waals surface area contributed by atoms with E-state index in [9.17, 15) is 0 Å². The number of fused-ring (bicyclic) bond motifs is 3. The summed E-state index contributed by atoms with van der Waals surface area (Å²) in [5.74, 6) is 0.926. The molecule has 0 unspecified atom stereocenters. The first kappa shape index (κ1) is 14.3. The van der Waals surface area contributed by atoms with Gasteiger partial charge in [0.15, 0.2) is 0 Å². The molecular weight excluding hydrogens is 300 g/mol. The molecule has 1 nitrogen and oxygen atoms in total. The molecule has 0 N–H and O–H groups in total. The molecule has 114 valence electrons.